The Kier molecular flexibility index (Phi) is 3.60. The van der Waals surface area contributed by atoms with Crippen molar-refractivity contribution in [1.82, 2.24) is 0 Å². The van der Waals surface area contributed by atoms with Gasteiger partial charge in [0.25, 0.3) is 0 Å². The first kappa shape index (κ1) is 9.31. The first-order chi connectivity index (χ1) is 4.00. The third kappa shape index (κ3) is 3.12. The minimum atomic E-state index is -2.16. The molecule has 0 atom stereocenters. The molecule has 2 N–H and O–H groups in total. The van der Waals surface area contributed by atoms with Crippen molar-refractivity contribution in [2.45, 2.75) is 25.6 Å². The fraction of sp³-hybridized carbons (Fsp3) is 1.00. The molecule has 0 aliphatic rings. The van der Waals surface area contributed by atoms with E-state index < -0.39 is 14.2 Å². The summed E-state index contributed by atoms with van der Waals surface area (Å²) in [4.78, 5) is 0. The van der Waals surface area contributed by atoms with Crippen molar-refractivity contribution in [3.8, 4) is 0 Å². The monoisotopic (exact) mass is 164 g/mol. The summed E-state index contributed by atoms with van der Waals surface area (Å²) in [6.07, 6.45) is 0. The predicted molar refractivity (Wildman–Crippen MR) is 38.4 cm³/mol. The summed E-state index contributed by atoms with van der Waals surface area (Å²) in [6.45, 7) is 5.42. The Morgan fingerprint density at radius 1 is 1.44 bits per heavy atom. The van der Waals surface area contributed by atoms with Gasteiger partial charge < -0.3 is 14.3 Å². The fourth-order valence-electron chi connectivity index (χ4n) is 0.316. The van der Waals surface area contributed by atoms with Gasteiger partial charge >= 0.3 is 0 Å². The Morgan fingerprint density at radius 2 is 1.89 bits per heavy atom. The fourth-order valence-corrected chi connectivity index (χ4v) is 2.84. The van der Waals surface area contributed by atoms with Crippen LogP contribution in [-0.2, 0) is 4.12 Å². The number of hydrogen-bond acceptors (Lipinski definition) is 3. The third-order valence-corrected chi connectivity index (χ3v) is 5.15. The zero-order valence-corrected chi connectivity index (χ0v) is 7.88. The first-order valence-electron chi connectivity index (χ1n) is 2.71. The van der Waals surface area contributed by atoms with Gasteiger partial charge in [0, 0.05) is 0 Å². The topological polar surface area (TPSA) is 49.7 Å². The van der Waals surface area contributed by atoms with Crippen LogP contribution < -0.4 is 0 Å². The number of aliphatic hydroxyl groups is 2. The molecule has 0 spiro atoms. The maximum absolute atomic E-state index is 8.71. The molecular weight excluding hydrogens is 152 g/mol. The van der Waals surface area contributed by atoms with Crippen LogP contribution in [0.3, 0.4) is 0 Å². The molecule has 0 aromatic rings. The van der Waals surface area contributed by atoms with E-state index in [4.69, 9.17) is 14.3 Å². The van der Waals surface area contributed by atoms with Crippen molar-refractivity contribution in [2.75, 3.05) is 0 Å². The van der Waals surface area contributed by atoms with Crippen molar-refractivity contribution in [3.05, 3.63) is 0 Å². The molecule has 0 fully saturated rings. The molecule has 0 aliphatic heterocycles. The van der Waals surface area contributed by atoms with Crippen LogP contribution in [0.1, 0.15) is 0 Å². The molecule has 0 heterocycles. The van der Waals surface area contributed by atoms with E-state index in [-0.39, 0.29) is 0 Å². The zero-order chi connectivity index (χ0) is 7.49. The minimum absolute atomic E-state index is 0.344. The van der Waals surface area contributed by atoms with Gasteiger partial charge in [-0.05, 0) is 19.6 Å². The number of aliphatic hydroxyl groups excluding tert-OH is 1. The molecule has 0 rings (SSSR count). The Balaban J connectivity index is 3.70. The van der Waals surface area contributed by atoms with E-state index in [1.807, 2.05) is 6.55 Å². The van der Waals surface area contributed by atoms with Crippen LogP contribution in [0.25, 0.3) is 0 Å². The highest BCUT2D eigenvalue weighted by atomic mass is 28.4. The lowest BCUT2D eigenvalue weighted by molar-refractivity contribution is 0.0120. The quantitative estimate of drug-likeness (QED) is 0.446. The summed E-state index contributed by atoms with van der Waals surface area (Å²) in [6, 6.07) is 0. The van der Waals surface area contributed by atoms with Crippen LogP contribution in [0.2, 0.25) is 19.6 Å². The molecule has 0 aromatic carbocycles. The van der Waals surface area contributed by atoms with Crippen LogP contribution in [0.4, 0.5) is 0 Å². The largest absolute Gasteiger partial charge is 0.453 e. The molecule has 0 saturated carbocycles. The highest BCUT2D eigenvalue weighted by Gasteiger charge is 2.29. The van der Waals surface area contributed by atoms with Gasteiger partial charge in [-0.25, -0.2) is 0 Å². The highest BCUT2D eigenvalue weighted by molar-refractivity contribution is 6.75. The molecule has 0 unspecified atom stereocenters. The third-order valence-electron chi connectivity index (χ3n) is 0.987. The van der Waals surface area contributed by atoms with Gasteiger partial charge in [0.05, 0.1) is 0 Å². The van der Waals surface area contributed by atoms with E-state index in [2.05, 4.69) is 0 Å². The molecule has 9 heavy (non-hydrogen) atoms. The molecule has 5 heteroatoms. The van der Waals surface area contributed by atoms with E-state index in [0.29, 0.717) is 9.76 Å². The van der Waals surface area contributed by atoms with E-state index in [9.17, 15) is 0 Å². The second-order valence-electron chi connectivity index (χ2n) is 2.28. The molecule has 0 bridgehead atoms. The number of hydrogen-bond donors (Lipinski definition) is 2. The molecule has 0 saturated heterocycles. The van der Waals surface area contributed by atoms with Crippen LogP contribution >= 0.6 is 0 Å². The van der Waals surface area contributed by atoms with E-state index in [1.54, 1.807) is 13.1 Å². The van der Waals surface area contributed by atoms with Gasteiger partial charge in [-0.3, -0.25) is 0 Å². The van der Waals surface area contributed by atoms with Gasteiger partial charge in [0.15, 0.2) is 5.91 Å². The Hall–Kier alpha value is 0.314. The van der Waals surface area contributed by atoms with Crippen LogP contribution in [0.5, 0.6) is 0 Å². The Labute approximate surface area is 58.7 Å². The summed E-state index contributed by atoms with van der Waals surface area (Å²) in [5.41, 5.74) is 0. The summed E-state index contributed by atoms with van der Waals surface area (Å²) in [5, 5.41) is 17.4. The maximum Gasteiger partial charge on any atom is 0.235 e. The lowest BCUT2D eigenvalue weighted by Crippen LogP contribution is -2.45. The zero-order valence-electron chi connectivity index (χ0n) is 5.88. The standard InChI is InChI=1S/C4H12O3Si2/c1-8-7-9(2,3)4(5)6/h4-6H,1-3H3. The van der Waals surface area contributed by atoms with Gasteiger partial charge in [-0.1, -0.05) is 0 Å². The first-order valence-corrected chi connectivity index (χ1v) is 7.11. The average Bonchev–Trinajstić information content (AvgIpc) is 1.65. The van der Waals surface area contributed by atoms with E-state index >= 15 is 0 Å². The van der Waals surface area contributed by atoms with Gasteiger partial charge in [0.1, 0.15) is 0 Å². The second-order valence-corrected chi connectivity index (χ2v) is 7.23. The molecule has 0 aromatic heterocycles. The maximum atomic E-state index is 8.71. The van der Waals surface area contributed by atoms with Crippen molar-refractivity contribution in [3.63, 3.8) is 0 Å². The second kappa shape index (κ2) is 3.47. The summed E-state index contributed by atoms with van der Waals surface area (Å²) in [7, 11) is -1.81. The van der Waals surface area contributed by atoms with Crippen molar-refractivity contribution in [2.24, 2.45) is 0 Å². The summed E-state index contributed by atoms with van der Waals surface area (Å²) in [5.74, 6) is -1.26. The van der Waals surface area contributed by atoms with E-state index in [0.717, 1.165) is 0 Å². The van der Waals surface area contributed by atoms with Gasteiger partial charge in [-0.2, -0.15) is 0 Å². The lowest BCUT2D eigenvalue weighted by Gasteiger charge is -2.23. The van der Waals surface area contributed by atoms with Crippen LogP contribution in [-0.4, -0.2) is 34.2 Å². The van der Waals surface area contributed by atoms with Crippen molar-refractivity contribution in [1.29, 1.82) is 0 Å². The van der Waals surface area contributed by atoms with Crippen molar-refractivity contribution < 1.29 is 14.3 Å². The van der Waals surface area contributed by atoms with E-state index in [1.165, 1.54) is 0 Å². The Morgan fingerprint density at radius 3 is 2.00 bits per heavy atom. The minimum Gasteiger partial charge on any atom is -0.453 e. The predicted octanol–water partition coefficient (Wildman–Crippen LogP) is -0.275. The lowest BCUT2D eigenvalue weighted by atomic mass is 11.5. The average molecular weight is 164 g/mol. The smallest absolute Gasteiger partial charge is 0.235 e. The molecule has 0 amide bonds. The van der Waals surface area contributed by atoms with Crippen LogP contribution in [0, 0.1) is 0 Å². The molecule has 0 aliphatic carbocycles. The number of rotatable bonds is 3. The van der Waals surface area contributed by atoms with Crippen molar-refractivity contribution >= 4 is 18.1 Å². The summed E-state index contributed by atoms with van der Waals surface area (Å²) < 4.78 is 5.16. The van der Waals surface area contributed by atoms with Gasteiger partial charge in [-0.15, -0.1) is 0 Å². The van der Waals surface area contributed by atoms with Gasteiger partial charge in [0.2, 0.25) is 18.1 Å². The van der Waals surface area contributed by atoms with Crippen LogP contribution in [0.15, 0.2) is 0 Å². The Bertz CT molecular complexity index is 83.9. The summed E-state index contributed by atoms with van der Waals surface area (Å²) >= 11 is 0. The molecule has 54 valence electrons. The molecule has 2 radical (unpaired) electrons. The normalized spacial score (nSPS) is 12.7. The molecular formula is C4H12O3Si2. The highest BCUT2D eigenvalue weighted by Crippen LogP contribution is 2.06. The SMILES string of the molecule is C[Si]O[Si](C)(C)C(O)O. The molecule has 3 nitrogen and oxygen atoms in total.